The maximum absolute atomic E-state index is 11.8. The van der Waals surface area contributed by atoms with Crippen LogP contribution in [-0.4, -0.2) is 19.0 Å². The Morgan fingerprint density at radius 2 is 2.06 bits per heavy atom. The van der Waals surface area contributed by atoms with E-state index in [9.17, 15) is 9.59 Å². The maximum atomic E-state index is 11.8. The molecule has 0 aromatic heterocycles. The summed E-state index contributed by atoms with van der Waals surface area (Å²) in [5.41, 5.74) is 0.751. The van der Waals surface area contributed by atoms with Gasteiger partial charge in [-0.3, -0.25) is 10.1 Å². The Morgan fingerprint density at radius 3 is 2.56 bits per heavy atom. The monoisotopic (exact) mass is 248 g/mol. The Morgan fingerprint density at radius 1 is 1.33 bits per heavy atom. The summed E-state index contributed by atoms with van der Waals surface area (Å²) in [5, 5.41) is 4.90. The molecule has 1 saturated heterocycles. The third-order valence-electron chi connectivity index (χ3n) is 3.28. The molecule has 1 atom stereocenters. The van der Waals surface area contributed by atoms with Crippen LogP contribution >= 0.6 is 0 Å². The van der Waals surface area contributed by atoms with Crippen molar-refractivity contribution in [3.8, 4) is 5.75 Å². The maximum Gasteiger partial charge on any atom is 0.322 e. The highest BCUT2D eigenvalue weighted by atomic mass is 16.5. The van der Waals surface area contributed by atoms with Gasteiger partial charge in [-0.2, -0.15) is 0 Å². The SMILES string of the molecule is CCc1cc(C2(C)NC(=O)NC2=O)ccc1OC. The van der Waals surface area contributed by atoms with Crippen LogP contribution in [0.4, 0.5) is 4.79 Å². The molecule has 1 aromatic carbocycles. The zero-order chi connectivity index (χ0) is 13.3. The van der Waals surface area contributed by atoms with Crippen LogP contribution in [0, 0.1) is 0 Å². The number of urea groups is 1. The highest BCUT2D eigenvalue weighted by molar-refractivity contribution is 6.07. The van der Waals surface area contributed by atoms with Gasteiger partial charge in [-0.05, 0) is 36.6 Å². The first-order valence-electron chi connectivity index (χ1n) is 5.82. The van der Waals surface area contributed by atoms with E-state index in [1.165, 1.54) is 0 Å². The lowest BCUT2D eigenvalue weighted by Gasteiger charge is -2.22. The van der Waals surface area contributed by atoms with Crippen molar-refractivity contribution in [1.82, 2.24) is 10.6 Å². The third kappa shape index (κ3) is 1.81. The molecule has 1 fully saturated rings. The zero-order valence-corrected chi connectivity index (χ0v) is 10.7. The van der Waals surface area contributed by atoms with Gasteiger partial charge in [0.2, 0.25) is 0 Å². The molecule has 1 aliphatic heterocycles. The quantitative estimate of drug-likeness (QED) is 0.792. The van der Waals surface area contributed by atoms with E-state index in [4.69, 9.17) is 4.74 Å². The van der Waals surface area contributed by atoms with Crippen molar-refractivity contribution < 1.29 is 14.3 Å². The summed E-state index contributed by atoms with van der Waals surface area (Å²) >= 11 is 0. The van der Waals surface area contributed by atoms with Crippen LogP contribution in [0.25, 0.3) is 0 Å². The van der Waals surface area contributed by atoms with Gasteiger partial charge in [-0.15, -0.1) is 0 Å². The molecule has 1 heterocycles. The fourth-order valence-corrected chi connectivity index (χ4v) is 2.11. The number of carbonyl (C=O) groups excluding carboxylic acids is 2. The number of methoxy groups -OCH3 is 1. The van der Waals surface area contributed by atoms with Crippen molar-refractivity contribution >= 4 is 11.9 Å². The van der Waals surface area contributed by atoms with E-state index < -0.39 is 11.6 Å². The largest absolute Gasteiger partial charge is 0.496 e. The highest BCUT2D eigenvalue weighted by Crippen LogP contribution is 2.29. The molecule has 5 heteroatoms. The number of benzene rings is 1. The van der Waals surface area contributed by atoms with Crippen LogP contribution in [0.15, 0.2) is 18.2 Å². The number of carbonyl (C=O) groups is 2. The number of nitrogens with one attached hydrogen (secondary N) is 2. The number of amides is 3. The minimum atomic E-state index is -1.01. The van der Waals surface area contributed by atoms with Crippen LogP contribution in [0.2, 0.25) is 0 Å². The number of ether oxygens (including phenoxy) is 1. The van der Waals surface area contributed by atoms with Crippen molar-refractivity contribution in [2.75, 3.05) is 7.11 Å². The van der Waals surface area contributed by atoms with E-state index in [-0.39, 0.29) is 5.91 Å². The van der Waals surface area contributed by atoms with Gasteiger partial charge in [0.05, 0.1) is 7.11 Å². The molecule has 3 amide bonds. The van der Waals surface area contributed by atoms with E-state index in [0.29, 0.717) is 0 Å². The van der Waals surface area contributed by atoms with Gasteiger partial charge in [0.15, 0.2) is 0 Å². The minimum absolute atomic E-state index is 0.334. The fourth-order valence-electron chi connectivity index (χ4n) is 2.11. The Bertz CT molecular complexity index is 513. The Hall–Kier alpha value is -2.04. The molecule has 0 bridgehead atoms. The van der Waals surface area contributed by atoms with Gasteiger partial charge in [0, 0.05) is 0 Å². The number of imide groups is 1. The van der Waals surface area contributed by atoms with Crippen molar-refractivity contribution in [3.05, 3.63) is 29.3 Å². The van der Waals surface area contributed by atoms with E-state index in [0.717, 1.165) is 23.3 Å². The molecule has 0 radical (unpaired) electrons. The molecule has 18 heavy (non-hydrogen) atoms. The van der Waals surface area contributed by atoms with Gasteiger partial charge in [-0.25, -0.2) is 4.79 Å². The standard InChI is InChI=1S/C13H16N2O3/c1-4-8-7-9(5-6-10(8)18-3)13(2)11(16)14-12(17)15-13/h5-7H,4H2,1-3H3,(H2,14,15,16,17). The molecule has 1 aliphatic rings. The average molecular weight is 248 g/mol. The lowest BCUT2D eigenvalue weighted by atomic mass is 9.90. The average Bonchev–Trinajstić information content (AvgIpc) is 2.63. The minimum Gasteiger partial charge on any atom is -0.496 e. The van der Waals surface area contributed by atoms with E-state index >= 15 is 0 Å². The summed E-state index contributed by atoms with van der Waals surface area (Å²) < 4.78 is 5.25. The third-order valence-corrected chi connectivity index (χ3v) is 3.28. The predicted molar refractivity (Wildman–Crippen MR) is 66.4 cm³/mol. The first-order valence-corrected chi connectivity index (χ1v) is 5.82. The van der Waals surface area contributed by atoms with Crippen molar-refractivity contribution in [2.24, 2.45) is 0 Å². The summed E-state index contributed by atoms with van der Waals surface area (Å²) in [4.78, 5) is 23.1. The molecule has 0 saturated carbocycles. The molecule has 1 aromatic rings. The van der Waals surface area contributed by atoms with Gasteiger partial charge in [0.1, 0.15) is 11.3 Å². The van der Waals surface area contributed by atoms with Crippen LogP contribution in [0.3, 0.4) is 0 Å². The van der Waals surface area contributed by atoms with Gasteiger partial charge >= 0.3 is 6.03 Å². The molecule has 0 spiro atoms. The molecule has 96 valence electrons. The molecule has 0 aliphatic carbocycles. The first-order chi connectivity index (χ1) is 8.51. The summed E-state index contributed by atoms with van der Waals surface area (Å²) in [5.74, 6) is 0.453. The molecular formula is C13H16N2O3. The Kier molecular flexibility index (Phi) is 2.98. The van der Waals surface area contributed by atoms with Crippen molar-refractivity contribution in [2.45, 2.75) is 25.8 Å². The van der Waals surface area contributed by atoms with Crippen LogP contribution < -0.4 is 15.4 Å². The number of rotatable bonds is 3. The molecule has 2 N–H and O–H groups in total. The number of aryl methyl sites for hydroxylation is 1. The van der Waals surface area contributed by atoms with Gasteiger partial charge in [-0.1, -0.05) is 13.0 Å². The summed E-state index contributed by atoms with van der Waals surface area (Å²) in [6.07, 6.45) is 0.794. The topological polar surface area (TPSA) is 67.4 Å². The van der Waals surface area contributed by atoms with Crippen LogP contribution in [0.5, 0.6) is 5.75 Å². The molecule has 1 unspecified atom stereocenters. The summed E-state index contributed by atoms with van der Waals surface area (Å²) in [6.45, 7) is 3.70. The van der Waals surface area contributed by atoms with E-state index in [1.54, 1.807) is 20.1 Å². The van der Waals surface area contributed by atoms with E-state index in [1.807, 2.05) is 19.1 Å². The predicted octanol–water partition coefficient (Wildman–Crippen LogP) is 1.31. The zero-order valence-electron chi connectivity index (χ0n) is 10.7. The van der Waals surface area contributed by atoms with Gasteiger partial charge < -0.3 is 10.1 Å². The van der Waals surface area contributed by atoms with Crippen molar-refractivity contribution in [1.29, 1.82) is 0 Å². The lowest BCUT2D eigenvalue weighted by Crippen LogP contribution is -2.40. The molecular weight excluding hydrogens is 232 g/mol. The number of hydrogen-bond donors (Lipinski definition) is 2. The summed E-state index contributed by atoms with van der Waals surface area (Å²) in [7, 11) is 1.61. The van der Waals surface area contributed by atoms with Gasteiger partial charge in [0.25, 0.3) is 5.91 Å². The normalized spacial score (nSPS) is 22.6. The second kappa shape index (κ2) is 4.33. The molecule has 5 nitrogen and oxygen atoms in total. The van der Waals surface area contributed by atoms with Crippen LogP contribution in [-0.2, 0) is 16.8 Å². The Labute approximate surface area is 106 Å². The second-order valence-corrected chi connectivity index (χ2v) is 4.41. The van der Waals surface area contributed by atoms with E-state index in [2.05, 4.69) is 10.6 Å². The second-order valence-electron chi connectivity index (χ2n) is 4.41. The van der Waals surface area contributed by atoms with Crippen LogP contribution in [0.1, 0.15) is 25.0 Å². The first kappa shape index (κ1) is 12.4. The lowest BCUT2D eigenvalue weighted by molar-refractivity contribution is -0.123. The fraction of sp³-hybridized carbons (Fsp3) is 0.385. The summed E-state index contributed by atoms with van der Waals surface area (Å²) in [6, 6.07) is 5.04. The molecule has 2 rings (SSSR count). The number of hydrogen-bond acceptors (Lipinski definition) is 3. The smallest absolute Gasteiger partial charge is 0.322 e. The highest BCUT2D eigenvalue weighted by Gasteiger charge is 2.43. The van der Waals surface area contributed by atoms with Crippen molar-refractivity contribution in [3.63, 3.8) is 0 Å². The Balaban J connectivity index is 2.45.